The van der Waals surface area contributed by atoms with Crippen molar-refractivity contribution in [1.29, 1.82) is 0 Å². The molecular formula is C23H30F2N5O10P. The molecule has 1 aliphatic rings. The molecule has 2 heterocycles. The number of nitro groups is 1. The molecule has 226 valence electrons. The molecule has 41 heavy (non-hydrogen) atoms. The van der Waals surface area contributed by atoms with Gasteiger partial charge in [-0.2, -0.15) is 13.8 Å². The predicted molar refractivity (Wildman–Crippen MR) is 138 cm³/mol. The number of nitrogens with two attached hydrogens (primary N) is 1. The van der Waals surface area contributed by atoms with Crippen molar-refractivity contribution in [2.24, 2.45) is 0 Å². The quantitative estimate of drug-likeness (QED) is 0.138. The molecule has 2 aromatic rings. The van der Waals surface area contributed by atoms with Crippen molar-refractivity contribution >= 4 is 25.2 Å². The molecule has 0 aliphatic carbocycles. The number of benzene rings is 1. The second-order valence-electron chi connectivity index (χ2n) is 9.41. The summed E-state index contributed by atoms with van der Waals surface area (Å²) in [5, 5.41) is 23.6. The van der Waals surface area contributed by atoms with E-state index in [9.17, 15) is 38.2 Å². The topological polar surface area (TPSA) is 207 Å². The molecule has 1 saturated heterocycles. The number of carbonyl (C=O) groups is 1. The van der Waals surface area contributed by atoms with Crippen LogP contribution >= 0.6 is 7.75 Å². The molecule has 6 atom stereocenters. The molecule has 0 radical (unpaired) electrons. The van der Waals surface area contributed by atoms with Gasteiger partial charge in [-0.25, -0.2) is 14.4 Å². The number of hydrogen-bond acceptors (Lipinski definition) is 12. The van der Waals surface area contributed by atoms with Gasteiger partial charge in [0, 0.05) is 18.3 Å². The van der Waals surface area contributed by atoms with Gasteiger partial charge < -0.3 is 20.3 Å². The zero-order valence-corrected chi connectivity index (χ0v) is 23.3. The van der Waals surface area contributed by atoms with Crippen LogP contribution in [0.15, 0.2) is 41.3 Å². The number of nitrogens with zero attached hydrogens (tertiary/aromatic N) is 3. The van der Waals surface area contributed by atoms with Gasteiger partial charge in [0.15, 0.2) is 6.10 Å². The van der Waals surface area contributed by atoms with Crippen LogP contribution in [-0.4, -0.2) is 62.4 Å². The Kier molecular flexibility index (Phi) is 9.94. The van der Waals surface area contributed by atoms with Crippen molar-refractivity contribution in [3.8, 4) is 0 Å². The Morgan fingerprint density at radius 1 is 1.29 bits per heavy atom. The molecule has 0 spiro atoms. The largest absolute Gasteiger partial charge is 0.462 e. The van der Waals surface area contributed by atoms with Crippen LogP contribution in [0.25, 0.3) is 0 Å². The summed E-state index contributed by atoms with van der Waals surface area (Å²) in [7, 11) is -4.57. The Morgan fingerprint density at radius 3 is 2.49 bits per heavy atom. The Bertz CT molecular complexity index is 1360. The maximum atomic E-state index is 14.9. The fourth-order valence-corrected chi connectivity index (χ4v) is 5.40. The molecule has 0 saturated carbocycles. The lowest BCUT2D eigenvalue weighted by Crippen LogP contribution is -2.42. The predicted octanol–water partition coefficient (Wildman–Crippen LogP) is 2.46. The molecule has 1 aliphatic heterocycles. The Balaban J connectivity index is 1.82. The van der Waals surface area contributed by atoms with Crippen LogP contribution in [-0.2, 0) is 27.9 Å². The summed E-state index contributed by atoms with van der Waals surface area (Å²) in [4.78, 5) is 38.2. The number of carbonyl (C=O) groups excluding carboxylic acids is 1. The van der Waals surface area contributed by atoms with Crippen LogP contribution < -0.4 is 16.5 Å². The second kappa shape index (κ2) is 12.7. The number of nitro benzene ring substituents is 1. The number of aliphatic hydroxyl groups excluding tert-OH is 1. The number of nitrogens with one attached hydrogen (secondary N) is 1. The normalized spacial score (nSPS) is 23.1. The highest BCUT2D eigenvalue weighted by atomic mass is 31.2. The number of aliphatic hydroxyl groups is 1. The minimum Gasteiger partial charge on any atom is -0.462 e. The first-order valence-corrected chi connectivity index (χ1v) is 13.8. The first kappa shape index (κ1) is 32.2. The zero-order chi connectivity index (χ0) is 30.7. The lowest BCUT2D eigenvalue weighted by molar-refractivity contribution is -0.384. The maximum absolute atomic E-state index is 14.9. The van der Waals surface area contributed by atoms with Crippen LogP contribution in [0.4, 0.5) is 20.3 Å². The third kappa shape index (κ3) is 7.69. The van der Waals surface area contributed by atoms with E-state index >= 15 is 0 Å². The highest BCUT2D eigenvalue weighted by Gasteiger charge is 2.60. The molecule has 1 aromatic carbocycles. The Labute approximate surface area is 232 Å². The minimum absolute atomic E-state index is 0.207. The number of alkyl halides is 2. The van der Waals surface area contributed by atoms with Crippen LogP contribution in [0.5, 0.6) is 0 Å². The molecule has 3 unspecified atom stereocenters. The number of ether oxygens (including phenoxy) is 2. The highest BCUT2D eigenvalue weighted by Crippen LogP contribution is 2.50. The minimum atomic E-state index is -4.57. The lowest BCUT2D eigenvalue weighted by atomic mass is 10.1. The third-order valence-corrected chi connectivity index (χ3v) is 7.61. The number of non-ortho nitro benzene ring substituents is 1. The van der Waals surface area contributed by atoms with Crippen molar-refractivity contribution < 1.29 is 46.7 Å². The van der Waals surface area contributed by atoms with E-state index < -0.39 is 73.5 Å². The highest BCUT2D eigenvalue weighted by molar-refractivity contribution is 7.51. The Morgan fingerprint density at radius 2 is 1.93 bits per heavy atom. The van der Waals surface area contributed by atoms with Gasteiger partial charge >= 0.3 is 25.3 Å². The average Bonchev–Trinajstić information content (AvgIpc) is 3.10. The summed E-state index contributed by atoms with van der Waals surface area (Å²) in [5.41, 5.74) is 4.36. The lowest BCUT2D eigenvalue weighted by Gasteiger charge is -2.27. The Hall–Kier alpha value is -3.34. The summed E-state index contributed by atoms with van der Waals surface area (Å²) in [5.74, 6) is -5.05. The second-order valence-corrected chi connectivity index (χ2v) is 11.1. The van der Waals surface area contributed by atoms with Gasteiger partial charge in [-0.3, -0.25) is 28.5 Å². The molecule has 1 fully saturated rings. The van der Waals surface area contributed by atoms with E-state index in [1.807, 2.05) is 0 Å². The van der Waals surface area contributed by atoms with Crippen molar-refractivity contribution in [2.75, 3.05) is 12.3 Å². The SMILES string of the molecule is CC(C)OC(=O)[C@H](C)NP(=O)(OC[C@H]1O[C@@H](n2ccc(N)nc2=O)C(F)(F)C1O)OC(C)c1ccc([N+](=O)[O-])cc1. The first-order valence-electron chi connectivity index (χ1n) is 12.3. The number of aromatic nitrogens is 2. The number of rotatable bonds is 12. The number of hydrogen-bond donors (Lipinski definition) is 3. The zero-order valence-electron chi connectivity index (χ0n) is 22.4. The van der Waals surface area contributed by atoms with Gasteiger partial charge in [-0.05, 0) is 51.5 Å². The van der Waals surface area contributed by atoms with Gasteiger partial charge in [0.1, 0.15) is 18.0 Å². The van der Waals surface area contributed by atoms with E-state index in [4.69, 9.17) is 24.3 Å². The molecule has 0 bridgehead atoms. The molecule has 0 amide bonds. The van der Waals surface area contributed by atoms with Gasteiger partial charge in [0.2, 0.25) is 6.23 Å². The van der Waals surface area contributed by atoms with Crippen LogP contribution in [0.2, 0.25) is 0 Å². The van der Waals surface area contributed by atoms with Crippen molar-refractivity contribution in [2.45, 2.75) is 70.3 Å². The molecular weight excluding hydrogens is 575 g/mol. The maximum Gasteiger partial charge on any atom is 0.406 e. The number of esters is 1. The third-order valence-electron chi connectivity index (χ3n) is 5.82. The van der Waals surface area contributed by atoms with E-state index in [1.54, 1.807) is 13.8 Å². The standard InChI is InChI=1S/C23H30F2N5O10P/c1-12(2)38-20(32)13(3)28-41(36,40-14(4)15-5-7-16(8-6-15)30(34)35)37-11-17-19(31)23(24,25)21(39-17)29-10-9-18(26)27-22(29)33/h5-10,12-14,17,19,21,31H,11H2,1-4H3,(H,28,36)(H2,26,27,33)/t13-,14?,17+,19?,21+,41?/m0/s1. The summed E-state index contributed by atoms with van der Waals surface area (Å²) in [6.07, 6.45) is -7.27. The van der Waals surface area contributed by atoms with Crippen LogP contribution in [0.1, 0.15) is 45.6 Å². The van der Waals surface area contributed by atoms with Gasteiger partial charge in [-0.1, -0.05) is 0 Å². The van der Waals surface area contributed by atoms with E-state index in [0.717, 1.165) is 12.3 Å². The van der Waals surface area contributed by atoms with Gasteiger partial charge in [0.25, 0.3) is 5.69 Å². The number of halogens is 2. The fraction of sp³-hybridized carbons (Fsp3) is 0.522. The van der Waals surface area contributed by atoms with E-state index in [1.165, 1.54) is 38.1 Å². The summed E-state index contributed by atoms with van der Waals surface area (Å²) < 4.78 is 65.3. The van der Waals surface area contributed by atoms with Crippen molar-refractivity contribution in [3.63, 3.8) is 0 Å². The van der Waals surface area contributed by atoms with E-state index in [2.05, 4.69) is 10.1 Å². The fourth-order valence-electron chi connectivity index (χ4n) is 3.74. The molecule has 1 aromatic heterocycles. The molecule has 4 N–H and O–H groups in total. The average molecular weight is 605 g/mol. The molecule has 15 nitrogen and oxygen atoms in total. The summed E-state index contributed by atoms with van der Waals surface area (Å²) >= 11 is 0. The van der Waals surface area contributed by atoms with Crippen LogP contribution in [0, 0.1) is 10.1 Å². The first-order chi connectivity index (χ1) is 19.0. The summed E-state index contributed by atoms with van der Waals surface area (Å²) in [6.45, 7) is 4.97. The van der Waals surface area contributed by atoms with Gasteiger partial charge in [-0.15, -0.1) is 0 Å². The molecule has 3 rings (SSSR count). The van der Waals surface area contributed by atoms with Crippen molar-refractivity contribution in [3.05, 3.63) is 62.7 Å². The molecule has 18 heteroatoms. The van der Waals surface area contributed by atoms with E-state index in [-0.39, 0.29) is 11.5 Å². The smallest absolute Gasteiger partial charge is 0.406 e. The number of anilines is 1. The number of nitrogen functional groups attached to an aromatic ring is 1. The van der Waals surface area contributed by atoms with E-state index in [0.29, 0.717) is 10.1 Å². The van der Waals surface area contributed by atoms with Gasteiger partial charge in [0.05, 0.1) is 23.7 Å². The monoisotopic (exact) mass is 605 g/mol. The van der Waals surface area contributed by atoms with Crippen molar-refractivity contribution in [1.82, 2.24) is 14.6 Å². The van der Waals surface area contributed by atoms with Crippen LogP contribution in [0.3, 0.4) is 0 Å². The summed E-state index contributed by atoms with van der Waals surface area (Å²) in [6, 6.07) is 4.88.